The van der Waals surface area contributed by atoms with E-state index in [9.17, 15) is 19.2 Å². The normalized spacial score (nSPS) is 25.6. The molecule has 13 nitrogen and oxygen atoms in total. The van der Waals surface area contributed by atoms with E-state index in [0.29, 0.717) is 36.7 Å². The molecule has 6 heterocycles. The van der Waals surface area contributed by atoms with Gasteiger partial charge < -0.3 is 23.8 Å². The SMILES string of the molecule is CC1CN2c3c(cc4c(-c5scnc5C(=O)N5CCOCC5)noc4c3F)CC3(C(=O)NC(=O)NC3=O)C2C(C)O1. The molecule has 4 aliphatic heterocycles. The topological polar surface area (TPSA) is 156 Å². The van der Waals surface area contributed by atoms with Crippen LogP contribution >= 0.6 is 11.3 Å². The molecule has 214 valence electrons. The molecule has 3 unspecified atom stereocenters. The Morgan fingerprint density at radius 3 is 2.63 bits per heavy atom. The molecule has 15 heteroatoms. The average molecular weight is 585 g/mol. The van der Waals surface area contributed by atoms with Crippen molar-refractivity contribution in [3.63, 3.8) is 0 Å². The first-order valence-corrected chi connectivity index (χ1v) is 14.1. The van der Waals surface area contributed by atoms with Crippen molar-refractivity contribution in [2.45, 2.75) is 38.5 Å². The van der Waals surface area contributed by atoms with Crippen LogP contribution in [-0.2, 0) is 25.5 Å². The van der Waals surface area contributed by atoms with Gasteiger partial charge in [0.15, 0.2) is 11.2 Å². The van der Waals surface area contributed by atoms with Crippen LogP contribution in [0.2, 0.25) is 0 Å². The summed E-state index contributed by atoms with van der Waals surface area (Å²) in [7, 11) is 0. The lowest BCUT2D eigenvalue weighted by molar-refractivity contribution is -0.153. The molecule has 2 aromatic heterocycles. The molecule has 3 atom stereocenters. The molecule has 4 aliphatic rings. The van der Waals surface area contributed by atoms with Gasteiger partial charge in [-0.3, -0.25) is 25.0 Å². The van der Waals surface area contributed by atoms with Crippen LogP contribution in [0.3, 0.4) is 0 Å². The Kier molecular flexibility index (Phi) is 5.89. The second-order valence-corrected chi connectivity index (χ2v) is 11.5. The number of carbonyl (C=O) groups is 4. The molecule has 1 spiro atoms. The molecule has 2 N–H and O–H groups in total. The number of hydrogen-bond donors (Lipinski definition) is 2. The van der Waals surface area contributed by atoms with Crippen LogP contribution in [-0.4, -0.2) is 89.9 Å². The van der Waals surface area contributed by atoms with E-state index < -0.39 is 41.2 Å². The zero-order valence-electron chi connectivity index (χ0n) is 22.1. The lowest BCUT2D eigenvalue weighted by Gasteiger charge is -2.55. The second-order valence-electron chi connectivity index (χ2n) is 10.7. The maximum absolute atomic E-state index is 16.4. The zero-order chi connectivity index (χ0) is 28.6. The minimum Gasteiger partial charge on any atom is -0.378 e. The van der Waals surface area contributed by atoms with Crippen LogP contribution in [0, 0.1) is 11.2 Å². The Morgan fingerprint density at radius 1 is 1.17 bits per heavy atom. The molecular formula is C26H25FN6O7S. The van der Waals surface area contributed by atoms with Gasteiger partial charge >= 0.3 is 6.03 Å². The number of thiazole rings is 1. The Hall–Kier alpha value is -3.95. The molecule has 3 saturated heterocycles. The number of carbonyl (C=O) groups excluding carboxylic acids is 4. The maximum atomic E-state index is 16.4. The number of fused-ring (bicyclic) bond motifs is 5. The molecule has 1 aromatic carbocycles. The summed E-state index contributed by atoms with van der Waals surface area (Å²) < 4.78 is 33.3. The molecule has 0 saturated carbocycles. The maximum Gasteiger partial charge on any atom is 0.328 e. The fourth-order valence-electron chi connectivity index (χ4n) is 6.59. The van der Waals surface area contributed by atoms with Gasteiger partial charge in [-0.25, -0.2) is 14.2 Å². The van der Waals surface area contributed by atoms with E-state index >= 15 is 4.39 Å². The number of benzene rings is 1. The van der Waals surface area contributed by atoms with E-state index in [0.717, 1.165) is 0 Å². The number of halogens is 1. The van der Waals surface area contributed by atoms with Crippen LogP contribution < -0.4 is 15.5 Å². The van der Waals surface area contributed by atoms with Crippen molar-refractivity contribution in [3.8, 4) is 10.6 Å². The van der Waals surface area contributed by atoms with Crippen molar-refractivity contribution in [2.24, 2.45) is 5.41 Å². The predicted molar refractivity (Wildman–Crippen MR) is 141 cm³/mol. The van der Waals surface area contributed by atoms with Crippen molar-refractivity contribution in [1.29, 1.82) is 0 Å². The quantitative estimate of drug-likeness (QED) is 0.423. The van der Waals surface area contributed by atoms with E-state index in [1.54, 1.807) is 22.8 Å². The molecule has 7 rings (SSSR count). The van der Waals surface area contributed by atoms with Gasteiger partial charge in [0.05, 0.1) is 52.9 Å². The molecule has 0 aliphatic carbocycles. The number of nitrogens with zero attached hydrogens (tertiary/aromatic N) is 4. The van der Waals surface area contributed by atoms with E-state index in [1.807, 2.05) is 6.92 Å². The van der Waals surface area contributed by atoms with Gasteiger partial charge in [-0.05, 0) is 25.5 Å². The van der Waals surface area contributed by atoms with Crippen molar-refractivity contribution in [2.75, 3.05) is 37.7 Å². The molecule has 41 heavy (non-hydrogen) atoms. The number of nitrogens with one attached hydrogen (secondary N) is 2. The molecule has 5 amide bonds. The lowest BCUT2D eigenvalue weighted by Crippen LogP contribution is -2.75. The van der Waals surface area contributed by atoms with Crippen LogP contribution in [0.1, 0.15) is 29.9 Å². The molecule has 0 radical (unpaired) electrons. The molecular weight excluding hydrogens is 559 g/mol. The summed E-state index contributed by atoms with van der Waals surface area (Å²) in [6.45, 7) is 5.41. The first-order valence-electron chi connectivity index (χ1n) is 13.2. The number of barbiturate groups is 1. The average Bonchev–Trinajstić information content (AvgIpc) is 3.58. The van der Waals surface area contributed by atoms with Gasteiger partial charge in [0, 0.05) is 26.1 Å². The summed E-state index contributed by atoms with van der Waals surface area (Å²) in [5, 5.41) is 8.87. The van der Waals surface area contributed by atoms with Crippen molar-refractivity contribution in [3.05, 3.63) is 28.7 Å². The van der Waals surface area contributed by atoms with Gasteiger partial charge in [0.2, 0.25) is 17.4 Å². The van der Waals surface area contributed by atoms with Crippen molar-refractivity contribution in [1.82, 2.24) is 25.7 Å². The number of aromatic nitrogens is 2. The highest BCUT2D eigenvalue weighted by Crippen LogP contribution is 2.50. The predicted octanol–water partition coefficient (Wildman–Crippen LogP) is 1.45. The number of rotatable bonds is 2. The van der Waals surface area contributed by atoms with Gasteiger partial charge in [-0.1, -0.05) is 5.16 Å². The highest BCUT2D eigenvalue weighted by molar-refractivity contribution is 7.13. The van der Waals surface area contributed by atoms with Gasteiger partial charge in [0.1, 0.15) is 11.4 Å². The first kappa shape index (κ1) is 26.0. The summed E-state index contributed by atoms with van der Waals surface area (Å²) in [6, 6.07) is -0.165. The van der Waals surface area contributed by atoms with E-state index in [4.69, 9.17) is 14.0 Å². The van der Waals surface area contributed by atoms with Gasteiger partial charge in [-0.15, -0.1) is 11.3 Å². The number of urea groups is 1. The summed E-state index contributed by atoms with van der Waals surface area (Å²) in [6.07, 6.45) is -1.19. The third kappa shape index (κ3) is 3.72. The third-order valence-electron chi connectivity index (χ3n) is 8.25. The second kappa shape index (κ2) is 9.29. The Labute approximate surface area is 235 Å². The third-order valence-corrected chi connectivity index (χ3v) is 9.08. The summed E-state index contributed by atoms with van der Waals surface area (Å²) in [4.78, 5) is 60.2. The van der Waals surface area contributed by atoms with Crippen LogP contribution in [0.15, 0.2) is 16.1 Å². The van der Waals surface area contributed by atoms with Gasteiger partial charge in [-0.2, -0.15) is 0 Å². The van der Waals surface area contributed by atoms with Crippen molar-refractivity contribution < 1.29 is 37.6 Å². The number of anilines is 1. The fourth-order valence-corrected chi connectivity index (χ4v) is 7.37. The van der Waals surface area contributed by atoms with Crippen LogP contribution in [0.5, 0.6) is 0 Å². The first-order chi connectivity index (χ1) is 19.7. The Morgan fingerprint density at radius 2 is 1.90 bits per heavy atom. The van der Waals surface area contributed by atoms with E-state index in [2.05, 4.69) is 20.8 Å². The Balaban J connectivity index is 1.39. The summed E-state index contributed by atoms with van der Waals surface area (Å²) in [5.74, 6) is -2.54. The minimum absolute atomic E-state index is 0.119. The minimum atomic E-state index is -1.76. The number of ether oxygens (including phenoxy) is 2. The van der Waals surface area contributed by atoms with Gasteiger partial charge in [0.25, 0.3) is 5.91 Å². The largest absolute Gasteiger partial charge is 0.378 e. The number of imide groups is 2. The molecule has 0 bridgehead atoms. The van der Waals surface area contributed by atoms with Crippen LogP contribution in [0.25, 0.3) is 21.5 Å². The van der Waals surface area contributed by atoms with Crippen LogP contribution in [0.4, 0.5) is 14.9 Å². The summed E-state index contributed by atoms with van der Waals surface area (Å²) >= 11 is 1.17. The van der Waals surface area contributed by atoms with E-state index in [1.165, 1.54) is 16.8 Å². The monoisotopic (exact) mass is 584 g/mol. The number of morpholine rings is 2. The molecule has 3 fully saturated rings. The number of amides is 5. The number of hydrogen-bond acceptors (Lipinski definition) is 11. The van der Waals surface area contributed by atoms with Crippen molar-refractivity contribution >= 4 is 51.7 Å². The Bertz CT molecular complexity index is 1610. The standard InChI is InChI=1S/C26H25FN6O7S/c1-11-9-33-18-13(8-26(21(33)12(2)39-11)23(35)29-25(37)30-24(26)36)7-14-16(31-40-19(14)15(18)27)20-17(28-10-41-20)22(34)32-3-5-38-6-4-32/h7,10-12,21H,3-6,8-9H2,1-2H3,(H2,29,30,35,36,37). The molecule has 3 aromatic rings. The lowest BCUT2D eigenvalue weighted by atomic mass is 9.66. The highest BCUT2D eigenvalue weighted by Gasteiger charge is 2.63. The summed E-state index contributed by atoms with van der Waals surface area (Å²) in [5.41, 5.74) is 0.579. The zero-order valence-corrected chi connectivity index (χ0v) is 22.9. The fraction of sp³-hybridized carbons (Fsp3) is 0.462. The van der Waals surface area contributed by atoms with E-state index in [-0.39, 0.29) is 53.0 Å². The highest BCUT2D eigenvalue weighted by atomic mass is 32.1. The smallest absolute Gasteiger partial charge is 0.328 e.